The van der Waals surface area contributed by atoms with Gasteiger partial charge in [0.25, 0.3) is 0 Å². The lowest BCUT2D eigenvalue weighted by molar-refractivity contribution is 0.109. The molecule has 1 saturated heterocycles. The van der Waals surface area contributed by atoms with Crippen molar-refractivity contribution >= 4 is 0 Å². The van der Waals surface area contributed by atoms with Gasteiger partial charge in [0.05, 0.1) is 6.61 Å². The van der Waals surface area contributed by atoms with Crippen molar-refractivity contribution in [2.45, 2.75) is 25.7 Å². The van der Waals surface area contributed by atoms with Gasteiger partial charge in [-0.3, -0.25) is 0 Å². The van der Waals surface area contributed by atoms with E-state index in [9.17, 15) is 0 Å². The highest BCUT2D eigenvalue weighted by atomic mass is 16.5. The highest BCUT2D eigenvalue weighted by molar-refractivity contribution is 4.72. The monoisotopic (exact) mass is 201 g/mol. The SMILES string of the molecule is COCCN1CCCC(CCCO)C1. The van der Waals surface area contributed by atoms with Crippen molar-refractivity contribution in [1.82, 2.24) is 4.90 Å². The summed E-state index contributed by atoms with van der Waals surface area (Å²) in [5, 5.41) is 8.77. The number of nitrogens with zero attached hydrogens (tertiary/aromatic N) is 1. The van der Waals surface area contributed by atoms with Crippen molar-refractivity contribution in [2.75, 3.05) is 40.0 Å². The van der Waals surface area contributed by atoms with E-state index in [2.05, 4.69) is 4.90 Å². The Balaban J connectivity index is 2.14. The van der Waals surface area contributed by atoms with Gasteiger partial charge in [-0.2, -0.15) is 0 Å². The molecule has 0 amide bonds. The third kappa shape index (κ3) is 4.40. The molecule has 1 aliphatic rings. The number of methoxy groups -OCH3 is 1. The maximum atomic E-state index is 8.77. The molecule has 0 radical (unpaired) electrons. The number of piperidine rings is 1. The minimum atomic E-state index is 0.342. The lowest BCUT2D eigenvalue weighted by Gasteiger charge is -2.32. The number of ether oxygens (including phenoxy) is 1. The average Bonchev–Trinajstić information content (AvgIpc) is 2.24. The first-order valence-corrected chi connectivity index (χ1v) is 5.69. The van der Waals surface area contributed by atoms with Crippen LogP contribution in [0.15, 0.2) is 0 Å². The zero-order chi connectivity index (χ0) is 10.2. The van der Waals surface area contributed by atoms with Crippen LogP contribution in [0, 0.1) is 5.92 Å². The van der Waals surface area contributed by atoms with Crippen LogP contribution in [-0.4, -0.2) is 50.0 Å². The summed E-state index contributed by atoms with van der Waals surface area (Å²) in [6, 6.07) is 0. The van der Waals surface area contributed by atoms with E-state index in [1.807, 2.05) is 0 Å². The molecule has 1 N–H and O–H groups in total. The van der Waals surface area contributed by atoms with Crippen molar-refractivity contribution in [3.63, 3.8) is 0 Å². The predicted molar refractivity (Wildman–Crippen MR) is 57.4 cm³/mol. The van der Waals surface area contributed by atoms with Crippen molar-refractivity contribution in [3.05, 3.63) is 0 Å². The van der Waals surface area contributed by atoms with E-state index in [-0.39, 0.29) is 0 Å². The van der Waals surface area contributed by atoms with Crippen LogP contribution < -0.4 is 0 Å². The molecule has 84 valence electrons. The summed E-state index contributed by atoms with van der Waals surface area (Å²) >= 11 is 0. The summed E-state index contributed by atoms with van der Waals surface area (Å²) in [5.41, 5.74) is 0. The number of aliphatic hydroxyl groups is 1. The maximum Gasteiger partial charge on any atom is 0.0589 e. The molecule has 0 saturated carbocycles. The van der Waals surface area contributed by atoms with Gasteiger partial charge in [-0.1, -0.05) is 0 Å². The summed E-state index contributed by atoms with van der Waals surface area (Å²) < 4.78 is 5.08. The Morgan fingerprint density at radius 3 is 3.07 bits per heavy atom. The number of likely N-dealkylation sites (tertiary alicyclic amines) is 1. The molecule has 0 aromatic rings. The number of hydrogen-bond donors (Lipinski definition) is 1. The molecule has 14 heavy (non-hydrogen) atoms. The molecule has 3 nitrogen and oxygen atoms in total. The van der Waals surface area contributed by atoms with Crippen LogP contribution in [0.4, 0.5) is 0 Å². The topological polar surface area (TPSA) is 32.7 Å². The molecule has 1 aliphatic heterocycles. The third-order valence-electron chi connectivity index (χ3n) is 2.99. The lowest BCUT2D eigenvalue weighted by atomic mass is 9.93. The second-order valence-corrected chi connectivity index (χ2v) is 4.17. The minimum Gasteiger partial charge on any atom is -0.396 e. The molecule has 0 aromatic carbocycles. The van der Waals surface area contributed by atoms with Crippen molar-refractivity contribution < 1.29 is 9.84 Å². The standard InChI is InChI=1S/C11H23NO2/c1-14-9-7-12-6-2-4-11(10-12)5-3-8-13/h11,13H,2-10H2,1H3. The van der Waals surface area contributed by atoms with Crippen LogP contribution in [-0.2, 0) is 4.74 Å². The molecule has 3 heteroatoms. The zero-order valence-electron chi connectivity index (χ0n) is 9.24. The number of hydrogen-bond acceptors (Lipinski definition) is 3. The second-order valence-electron chi connectivity index (χ2n) is 4.17. The smallest absolute Gasteiger partial charge is 0.0589 e. The number of aliphatic hydroxyl groups excluding tert-OH is 1. The lowest BCUT2D eigenvalue weighted by Crippen LogP contribution is -2.37. The summed E-state index contributed by atoms with van der Waals surface area (Å²) in [6.45, 7) is 4.66. The van der Waals surface area contributed by atoms with Gasteiger partial charge in [-0.05, 0) is 38.1 Å². The first-order chi connectivity index (χ1) is 6.86. The van der Waals surface area contributed by atoms with Gasteiger partial charge < -0.3 is 14.7 Å². The Hall–Kier alpha value is -0.120. The summed E-state index contributed by atoms with van der Waals surface area (Å²) in [7, 11) is 1.76. The highest BCUT2D eigenvalue weighted by Gasteiger charge is 2.18. The Morgan fingerprint density at radius 2 is 2.36 bits per heavy atom. The van der Waals surface area contributed by atoms with Gasteiger partial charge in [0, 0.05) is 26.8 Å². The summed E-state index contributed by atoms with van der Waals surface area (Å²) in [4.78, 5) is 2.48. The van der Waals surface area contributed by atoms with E-state index in [1.165, 1.54) is 32.4 Å². The fourth-order valence-corrected chi connectivity index (χ4v) is 2.19. The average molecular weight is 201 g/mol. The van der Waals surface area contributed by atoms with Crippen molar-refractivity contribution in [1.29, 1.82) is 0 Å². The molecule has 0 aliphatic carbocycles. The van der Waals surface area contributed by atoms with Crippen LogP contribution in [0.1, 0.15) is 25.7 Å². The van der Waals surface area contributed by atoms with E-state index in [0.29, 0.717) is 6.61 Å². The van der Waals surface area contributed by atoms with E-state index in [1.54, 1.807) is 7.11 Å². The molecule has 1 rings (SSSR count). The Morgan fingerprint density at radius 1 is 1.50 bits per heavy atom. The van der Waals surface area contributed by atoms with Crippen LogP contribution in [0.5, 0.6) is 0 Å². The summed E-state index contributed by atoms with van der Waals surface area (Å²) in [6.07, 6.45) is 4.78. The van der Waals surface area contributed by atoms with Crippen LogP contribution >= 0.6 is 0 Å². The van der Waals surface area contributed by atoms with Crippen molar-refractivity contribution in [2.24, 2.45) is 5.92 Å². The van der Waals surface area contributed by atoms with Gasteiger partial charge in [0.1, 0.15) is 0 Å². The molecule has 0 spiro atoms. The van der Waals surface area contributed by atoms with Gasteiger partial charge >= 0.3 is 0 Å². The van der Waals surface area contributed by atoms with E-state index >= 15 is 0 Å². The van der Waals surface area contributed by atoms with Gasteiger partial charge in [0.15, 0.2) is 0 Å². The second kappa shape index (κ2) is 7.21. The van der Waals surface area contributed by atoms with E-state index < -0.39 is 0 Å². The first kappa shape index (κ1) is 12.0. The third-order valence-corrected chi connectivity index (χ3v) is 2.99. The fraction of sp³-hybridized carbons (Fsp3) is 1.00. The molecular weight excluding hydrogens is 178 g/mol. The Labute approximate surface area is 87.1 Å². The molecule has 0 bridgehead atoms. The van der Waals surface area contributed by atoms with Gasteiger partial charge in [-0.25, -0.2) is 0 Å². The van der Waals surface area contributed by atoms with Gasteiger partial charge in [-0.15, -0.1) is 0 Å². The maximum absolute atomic E-state index is 8.77. The molecule has 1 heterocycles. The quantitative estimate of drug-likeness (QED) is 0.699. The largest absolute Gasteiger partial charge is 0.396 e. The van der Waals surface area contributed by atoms with Gasteiger partial charge in [0.2, 0.25) is 0 Å². The predicted octanol–water partition coefficient (Wildman–Crippen LogP) is 1.12. The minimum absolute atomic E-state index is 0.342. The number of rotatable bonds is 6. The zero-order valence-corrected chi connectivity index (χ0v) is 9.24. The normalized spacial score (nSPS) is 24.0. The van der Waals surface area contributed by atoms with Crippen LogP contribution in [0.25, 0.3) is 0 Å². The molecular formula is C11H23NO2. The highest BCUT2D eigenvalue weighted by Crippen LogP contribution is 2.20. The molecule has 1 fully saturated rings. The Bertz CT molecular complexity index is 127. The first-order valence-electron chi connectivity index (χ1n) is 5.69. The molecule has 0 aromatic heterocycles. The van der Waals surface area contributed by atoms with Crippen molar-refractivity contribution in [3.8, 4) is 0 Å². The Kier molecular flexibility index (Phi) is 6.15. The molecule has 1 unspecified atom stereocenters. The van der Waals surface area contributed by atoms with E-state index in [4.69, 9.17) is 9.84 Å². The van der Waals surface area contributed by atoms with Crippen LogP contribution in [0.3, 0.4) is 0 Å². The molecule has 1 atom stereocenters. The van der Waals surface area contributed by atoms with E-state index in [0.717, 1.165) is 25.5 Å². The summed E-state index contributed by atoms with van der Waals surface area (Å²) in [5.74, 6) is 0.799. The van der Waals surface area contributed by atoms with Crippen LogP contribution in [0.2, 0.25) is 0 Å². The fourth-order valence-electron chi connectivity index (χ4n) is 2.19.